The van der Waals surface area contributed by atoms with E-state index in [-0.39, 0.29) is 23.1 Å². The molecule has 0 aromatic heterocycles. The second-order valence-electron chi connectivity index (χ2n) is 8.24. The van der Waals surface area contributed by atoms with E-state index in [1.165, 1.54) is 13.3 Å². The lowest BCUT2D eigenvalue weighted by Gasteiger charge is -2.35. The molecule has 0 atom stereocenters. The summed E-state index contributed by atoms with van der Waals surface area (Å²) < 4.78 is 0. The highest BCUT2D eigenvalue weighted by atomic mass is 16.2. The molecule has 3 N–H and O–H groups in total. The molecule has 0 heterocycles. The molecule has 0 bridgehead atoms. The molecule has 0 unspecified atom stereocenters. The Morgan fingerprint density at radius 1 is 1.19 bits per heavy atom. The second kappa shape index (κ2) is 9.17. The van der Waals surface area contributed by atoms with Gasteiger partial charge in [-0.25, -0.2) is 0 Å². The van der Waals surface area contributed by atoms with Crippen molar-refractivity contribution in [3.63, 3.8) is 0 Å². The fourth-order valence-electron chi connectivity index (χ4n) is 3.58. The maximum Gasteiger partial charge on any atom is 0.226 e. The van der Waals surface area contributed by atoms with Gasteiger partial charge in [0.05, 0.1) is 0 Å². The number of carbonyl (C=O) groups is 2. The molecule has 26 heavy (non-hydrogen) atoms. The Morgan fingerprint density at radius 2 is 1.85 bits per heavy atom. The van der Waals surface area contributed by atoms with Crippen molar-refractivity contribution in [2.45, 2.75) is 59.4 Å². The molecule has 0 aliphatic heterocycles. The number of para-hydroxylation sites is 1. The summed E-state index contributed by atoms with van der Waals surface area (Å²) in [6.45, 7) is 7.32. The normalized spacial score (nSPS) is 15.5. The number of hydrogen-bond acceptors (Lipinski definition) is 3. The number of nitrogens with one attached hydrogen (secondary N) is 1. The van der Waals surface area contributed by atoms with Gasteiger partial charge in [-0.2, -0.15) is 0 Å². The van der Waals surface area contributed by atoms with Crippen LogP contribution in [-0.4, -0.2) is 29.8 Å². The number of rotatable bonds is 7. The van der Waals surface area contributed by atoms with Crippen molar-refractivity contribution in [2.24, 2.45) is 17.1 Å². The predicted octanol–water partition coefficient (Wildman–Crippen LogP) is 3.54. The number of amides is 2. The maximum absolute atomic E-state index is 13.2. The number of carbonyl (C=O) groups excluding carboxylic acids is 2. The Kier molecular flexibility index (Phi) is 7.21. The smallest absolute Gasteiger partial charge is 0.226 e. The van der Waals surface area contributed by atoms with Gasteiger partial charge in [-0.05, 0) is 36.4 Å². The first kappa shape index (κ1) is 20.4. The number of anilines is 1. The number of hydrogen-bond donors (Lipinski definition) is 2. The number of benzene rings is 1. The molecule has 5 heteroatoms. The summed E-state index contributed by atoms with van der Waals surface area (Å²) in [5.41, 5.74) is 7.51. The third kappa shape index (κ3) is 5.84. The Morgan fingerprint density at radius 3 is 2.46 bits per heavy atom. The van der Waals surface area contributed by atoms with E-state index >= 15 is 0 Å². The highest BCUT2D eigenvalue weighted by Gasteiger charge is 2.30. The van der Waals surface area contributed by atoms with Gasteiger partial charge in [0.1, 0.15) is 0 Å². The third-order valence-corrected chi connectivity index (χ3v) is 5.13. The maximum atomic E-state index is 13.2. The van der Waals surface area contributed by atoms with Crippen molar-refractivity contribution in [3.8, 4) is 0 Å². The first-order valence-corrected chi connectivity index (χ1v) is 9.67. The Balaban J connectivity index is 2.23. The molecule has 1 aromatic carbocycles. The summed E-state index contributed by atoms with van der Waals surface area (Å²) in [4.78, 5) is 26.7. The van der Waals surface area contributed by atoms with Crippen LogP contribution in [0.15, 0.2) is 24.3 Å². The molecule has 5 nitrogen and oxygen atoms in total. The standard InChI is InChI=1S/C21H33N3O2/c1-16(25)23-19-12-8-7-11-18(19)13-24(15-21(2,3)14-22)20(26)17-9-5-4-6-10-17/h7-8,11-12,17H,4-6,9-10,13-15,22H2,1-3H3,(H,23,25). The van der Waals surface area contributed by atoms with E-state index in [2.05, 4.69) is 19.2 Å². The van der Waals surface area contributed by atoms with Crippen LogP contribution in [0.1, 0.15) is 58.4 Å². The van der Waals surface area contributed by atoms with Gasteiger partial charge >= 0.3 is 0 Å². The van der Waals surface area contributed by atoms with Gasteiger partial charge in [0.15, 0.2) is 0 Å². The van der Waals surface area contributed by atoms with E-state index in [9.17, 15) is 9.59 Å². The third-order valence-electron chi connectivity index (χ3n) is 5.13. The molecule has 0 spiro atoms. The molecule has 0 saturated heterocycles. The van der Waals surface area contributed by atoms with Crippen molar-refractivity contribution < 1.29 is 9.59 Å². The molecule has 1 fully saturated rings. The van der Waals surface area contributed by atoms with Gasteiger partial charge < -0.3 is 16.0 Å². The zero-order valence-electron chi connectivity index (χ0n) is 16.4. The van der Waals surface area contributed by atoms with Gasteiger partial charge in [0.25, 0.3) is 0 Å². The average Bonchev–Trinajstić information content (AvgIpc) is 2.62. The SMILES string of the molecule is CC(=O)Nc1ccccc1CN(CC(C)(C)CN)C(=O)C1CCCCC1. The summed E-state index contributed by atoms with van der Waals surface area (Å²) in [6, 6.07) is 7.69. The fourth-order valence-corrected chi connectivity index (χ4v) is 3.58. The molecule has 1 aliphatic rings. The van der Waals surface area contributed by atoms with E-state index in [4.69, 9.17) is 5.73 Å². The molecule has 2 amide bonds. The Hall–Kier alpha value is -1.88. The van der Waals surface area contributed by atoms with Crippen molar-refractivity contribution in [2.75, 3.05) is 18.4 Å². The average molecular weight is 360 g/mol. The van der Waals surface area contributed by atoms with Crippen LogP contribution >= 0.6 is 0 Å². The van der Waals surface area contributed by atoms with Crippen molar-refractivity contribution in [1.29, 1.82) is 0 Å². The lowest BCUT2D eigenvalue weighted by atomic mass is 9.86. The van der Waals surface area contributed by atoms with Crippen LogP contribution in [0.3, 0.4) is 0 Å². The minimum Gasteiger partial charge on any atom is -0.337 e. The fraction of sp³-hybridized carbons (Fsp3) is 0.619. The van der Waals surface area contributed by atoms with Crippen molar-refractivity contribution in [3.05, 3.63) is 29.8 Å². The number of nitrogens with zero attached hydrogens (tertiary/aromatic N) is 1. The minimum absolute atomic E-state index is 0.107. The largest absolute Gasteiger partial charge is 0.337 e. The zero-order valence-corrected chi connectivity index (χ0v) is 16.4. The van der Waals surface area contributed by atoms with Crippen LogP contribution in [0.5, 0.6) is 0 Å². The molecule has 144 valence electrons. The first-order valence-electron chi connectivity index (χ1n) is 9.67. The van der Waals surface area contributed by atoms with E-state index in [1.807, 2.05) is 29.2 Å². The van der Waals surface area contributed by atoms with E-state index in [1.54, 1.807) is 0 Å². The summed E-state index contributed by atoms with van der Waals surface area (Å²) >= 11 is 0. The Bertz CT molecular complexity index is 621. The van der Waals surface area contributed by atoms with Crippen molar-refractivity contribution in [1.82, 2.24) is 4.90 Å². The summed E-state index contributed by atoms with van der Waals surface area (Å²) in [5.74, 6) is 0.235. The van der Waals surface area contributed by atoms with Crippen LogP contribution in [0.2, 0.25) is 0 Å². The highest BCUT2D eigenvalue weighted by molar-refractivity contribution is 5.89. The van der Waals surface area contributed by atoms with Gasteiger partial charge in [0.2, 0.25) is 11.8 Å². The first-order chi connectivity index (χ1) is 12.3. The van der Waals surface area contributed by atoms with Crippen molar-refractivity contribution >= 4 is 17.5 Å². The molecular formula is C21H33N3O2. The highest BCUT2D eigenvalue weighted by Crippen LogP contribution is 2.28. The molecule has 2 rings (SSSR count). The summed E-state index contributed by atoms with van der Waals surface area (Å²) in [7, 11) is 0. The van der Waals surface area contributed by atoms with Crippen LogP contribution in [0.4, 0.5) is 5.69 Å². The lowest BCUT2D eigenvalue weighted by molar-refractivity contribution is -0.138. The van der Waals surface area contributed by atoms with Crippen LogP contribution in [0.25, 0.3) is 0 Å². The van der Waals surface area contributed by atoms with Gasteiger partial charge in [-0.1, -0.05) is 51.3 Å². The number of nitrogens with two attached hydrogens (primary N) is 1. The second-order valence-corrected chi connectivity index (χ2v) is 8.24. The van der Waals surface area contributed by atoms with Crippen LogP contribution < -0.4 is 11.1 Å². The van der Waals surface area contributed by atoms with Gasteiger partial charge in [-0.3, -0.25) is 9.59 Å². The quantitative estimate of drug-likeness (QED) is 0.782. The van der Waals surface area contributed by atoms with Gasteiger partial charge in [-0.15, -0.1) is 0 Å². The molecule has 1 aromatic rings. The van der Waals surface area contributed by atoms with Crippen LogP contribution in [0, 0.1) is 11.3 Å². The summed E-state index contributed by atoms with van der Waals surface area (Å²) in [5, 5.41) is 2.87. The molecule has 1 aliphatic carbocycles. The van der Waals surface area contributed by atoms with Gasteiger partial charge in [0, 0.05) is 31.6 Å². The Labute approximate surface area is 157 Å². The van der Waals surface area contributed by atoms with E-state index < -0.39 is 0 Å². The lowest BCUT2D eigenvalue weighted by Crippen LogP contribution is -2.44. The minimum atomic E-state index is -0.146. The summed E-state index contributed by atoms with van der Waals surface area (Å²) in [6.07, 6.45) is 5.45. The van der Waals surface area contributed by atoms with E-state index in [0.29, 0.717) is 19.6 Å². The zero-order chi connectivity index (χ0) is 19.2. The molecule has 1 saturated carbocycles. The molecular weight excluding hydrogens is 326 g/mol. The van der Waals surface area contributed by atoms with E-state index in [0.717, 1.165) is 36.9 Å². The predicted molar refractivity (Wildman–Crippen MR) is 106 cm³/mol. The van der Waals surface area contributed by atoms with Crippen LogP contribution in [-0.2, 0) is 16.1 Å². The monoisotopic (exact) mass is 359 g/mol. The molecule has 0 radical (unpaired) electrons. The topological polar surface area (TPSA) is 75.4 Å².